The van der Waals surface area contributed by atoms with Gasteiger partial charge in [-0.1, -0.05) is 0 Å². The fourth-order valence-electron chi connectivity index (χ4n) is 2.14. The third-order valence-electron chi connectivity index (χ3n) is 3.15. The minimum absolute atomic E-state index is 0.0208. The third-order valence-corrected chi connectivity index (χ3v) is 3.15. The van der Waals surface area contributed by atoms with Gasteiger partial charge in [0.2, 0.25) is 5.91 Å². The average Bonchev–Trinajstić information content (AvgIpc) is 2.68. The summed E-state index contributed by atoms with van der Waals surface area (Å²) in [5.41, 5.74) is 5.77. The summed E-state index contributed by atoms with van der Waals surface area (Å²) in [7, 11) is 0. The highest BCUT2D eigenvalue weighted by Crippen LogP contribution is 2.25. The number of hydrogen-bond acceptors (Lipinski definition) is 3. The second-order valence-corrected chi connectivity index (χ2v) is 4.40. The molecule has 0 spiro atoms. The molecule has 1 aromatic heterocycles. The van der Waals surface area contributed by atoms with Gasteiger partial charge in [-0.3, -0.25) is 4.79 Å². The van der Waals surface area contributed by atoms with Gasteiger partial charge in [0.15, 0.2) is 0 Å². The SMILES string of the molecule is Cc1ccc(C(C)N2CCCC(N)C2=O)o1. The number of nitrogens with two attached hydrogens (primary N) is 1. The maximum atomic E-state index is 11.9. The van der Waals surface area contributed by atoms with Gasteiger partial charge in [0.05, 0.1) is 12.1 Å². The molecule has 1 aliphatic heterocycles. The lowest BCUT2D eigenvalue weighted by atomic mass is 10.0. The van der Waals surface area contributed by atoms with Crippen LogP contribution in [0.5, 0.6) is 0 Å². The van der Waals surface area contributed by atoms with Crippen molar-refractivity contribution in [2.24, 2.45) is 5.73 Å². The van der Waals surface area contributed by atoms with Crippen LogP contribution in [0.15, 0.2) is 16.5 Å². The van der Waals surface area contributed by atoms with Crippen molar-refractivity contribution in [3.8, 4) is 0 Å². The molecule has 1 amide bonds. The van der Waals surface area contributed by atoms with E-state index in [1.807, 2.05) is 30.9 Å². The predicted molar refractivity (Wildman–Crippen MR) is 60.8 cm³/mol. The van der Waals surface area contributed by atoms with Crippen LogP contribution in [0.25, 0.3) is 0 Å². The molecule has 1 saturated heterocycles. The second kappa shape index (κ2) is 4.29. The van der Waals surface area contributed by atoms with Gasteiger partial charge < -0.3 is 15.1 Å². The van der Waals surface area contributed by atoms with Crippen molar-refractivity contribution in [3.63, 3.8) is 0 Å². The van der Waals surface area contributed by atoms with Crippen LogP contribution in [0, 0.1) is 6.92 Å². The van der Waals surface area contributed by atoms with Crippen molar-refractivity contribution in [3.05, 3.63) is 23.7 Å². The number of likely N-dealkylation sites (tertiary alicyclic amines) is 1. The van der Waals surface area contributed by atoms with Crippen LogP contribution in [0.4, 0.5) is 0 Å². The fraction of sp³-hybridized carbons (Fsp3) is 0.583. The molecule has 0 saturated carbocycles. The molecule has 1 aliphatic rings. The maximum Gasteiger partial charge on any atom is 0.240 e. The topological polar surface area (TPSA) is 59.5 Å². The number of rotatable bonds is 2. The number of amides is 1. The van der Waals surface area contributed by atoms with Crippen molar-refractivity contribution in [1.29, 1.82) is 0 Å². The molecule has 0 bridgehead atoms. The first-order valence-corrected chi connectivity index (χ1v) is 5.72. The summed E-state index contributed by atoms with van der Waals surface area (Å²) in [5.74, 6) is 1.74. The van der Waals surface area contributed by atoms with E-state index in [2.05, 4.69) is 0 Å². The molecule has 1 fully saturated rings. The van der Waals surface area contributed by atoms with E-state index in [4.69, 9.17) is 10.2 Å². The Morgan fingerprint density at radius 3 is 2.94 bits per heavy atom. The van der Waals surface area contributed by atoms with Crippen LogP contribution in [0.3, 0.4) is 0 Å². The molecule has 2 N–H and O–H groups in total. The molecule has 2 rings (SSSR count). The second-order valence-electron chi connectivity index (χ2n) is 4.40. The van der Waals surface area contributed by atoms with Gasteiger partial charge in [0.25, 0.3) is 0 Å². The normalized spacial score (nSPS) is 23.6. The van der Waals surface area contributed by atoms with Crippen LogP contribution in [-0.4, -0.2) is 23.4 Å². The van der Waals surface area contributed by atoms with Crippen LogP contribution < -0.4 is 5.73 Å². The molecule has 2 atom stereocenters. The lowest BCUT2D eigenvalue weighted by molar-refractivity contribution is -0.137. The van der Waals surface area contributed by atoms with Crippen LogP contribution in [-0.2, 0) is 4.79 Å². The zero-order valence-electron chi connectivity index (χ0n) is 9.77. The van der Waals surface area contributed by atoms with Gasteiger partial charge >= 0.3 is 0 Å². The highest BCUT2D eigenvalue weighted by Gasteiger charge is 2.30. The molecule has 4 nitrogen and oxygen atoms in total. The Morgan fingerprint density at radius 2 is 2.31 bits per heavy atom. The minimum atomic E-state index is -0.341. The zero-order chi connectivity index (χ0) is 11.7. The minimum Gasteiger partial charge on any atom is -0.464 e. The van der Waals surface area contributed by atoms with E-state index in [0.717, 1.165) is 30.9 Å². The summed E-state index contributed by atoms with van der Waals surface area (Å²) in [4.78, 5) is 13.7. The average molecular weight is 222 g/mol. The lowest BCUT2D eigenvalue weighted by Crippen LogP contribution is -2.49. The van der Waals surface area contributed by atoms with Crippen LogP contribution >= 0.6 is 0 Å². The first-order valence-electron chi connectivity index (χ1n) is 5.72. The molecular formula is C12H18N2O2. The molecular weight excluding hydrogens is 204 g/mol. The Balaban J connectivity index is 2.14. The van der Waals surface area contributed by atoms with Crippen LogP contribution in [0.2, 0.25) is 0 Å². The number of furan rings is 1. The van der Waals surface area contributed by atoms with Gasteiger partial charge in [0, 0.05) is 6.54 Å². The van der Waals surface area contributed by atoms with E-state index < -0.39 is 0 Å². The summed E-state index contributed by atoms with van der Waals surface area (Å²) >= 11 is 0. The van der Waals surface area contributed by atoms with Crippen molar-refractivity contribution < 1.29 is 9.21 Å². The van der Waals surface area contributed by atoms with E-state index in [1.54, 1.807) is 0 Å². The van der Waals surface area contributed by atoms with Gasteiger partial charge in [-0.15, -0.1) is 0 Å². The number of piperidine rings is 1. The molecule has 88 valence electrons. The number of carbonyl (C=O) groups is 1. The summed E-state index contributed by atoms with van der Waals surface area (Å²) in [6.45, 7) is 4.65. The van der Waals surface area contributed by atoms with Gasteiger partial charge in [-0.2, -0.15) is 0 Å². The molecule has 4 heteroatoms. The molecule has 2 unspecified atom stereocenters. The number of nitrogens with zero attached hydrogens (tertiary/aromatic N) is 1. The fourth-order valence-corrected chi connectivity index (χ4v) is 2.14. The van der Waals surface area contributed by atoms with Gasteiger partial charge in [-0.05, 0) is 38.8 Å². The predicted octanol–water partition coefficient (Wildman–Crippen LogP) is 1.60. The van der Waals surface area contributed by atoms with Crippen molar-refractivity contribution in [2.45, 2.75) is 38.8 Å². The summed E-state index contributed by atoms with van der Waals surface area (Å²) in [6.07, 6.45) is 1.76. The Hall–Kier alpha value is -1.29. The largest absolute Gasteiger partial charge is 0.464 e. The first-order chi connectivity index (χ1) is 7.59. The van der Waals surface area contributed by atoms with Gasteiger partial charge in [-0.25, -0.2) is 0 Å². The first kappa shape index (κ1) is 11.2. The summed E-state index contributed by atoms with van der Waals surface area (Å²) in [6, 6.07) is 3.48. The highest BCUT2D eigenvalue weighted by atomic mass is 16.3. The lowest BCUT2D eigenvalue weighted by Gasteiger charge is -2.34. The highest BCUT2D eigenvalue weighted by molar-refractivity contribution is 5.82. The van der Waals surface area contributed by atoms with E-state index in [1.165, 1.54) is 0 Å². The Morgan fingerprint density at radius 1 is 1.56 bits per heavy atom. The van der Waals surface area contributed by atoms with Crippen molar-refractivity contribution in [1.82, 2.24) is 4.90 Å². The third kappa shape index (κ3) is 1.97. The van der Waals surface area contributed by atoms with E-state index in [0.29, 0.717) is 0 Å². The van der Waals surface area contributed by atoms with Crippen molar-refractivity contribution >= 4 is 5.91 Å². The Labute approximate surface area is 95.4 Å². The smallest absolute Gasteiger partial charge is 0.240 e. The summed E-state index contributed by atoms with van der Waals surface area (Å²) in [5, 5.41) is 0. The van der Waals surface area contributed by atoms with E-state index >= 15 is 0 Å². The van der Waals surface area contributed by atoms with E-state index in [-0.39, 0.29) is 18.0 Å². The Bertz CT molecular complexity index is 386. The molecule has 0 aliphatic carbocycles. The van der Waals surface area contributed by atoms with E-state index in [9.17, 15) is 4.79 Å². The quantitative estimate of drug-likeness (QED) is 0.826. The molecule has 16 heavy (non-hydrogen) atoms. The number of hydrogen-bond donors (Lipinski definition) is 1. The molecule has 0 radical (unpaired) electrons. The van der Waals surface area contributed by atoms with Crippen LogP contribution in [0.1, 0.15) is 37.3 Å². The Kier molecular flexibility index (Phi) is 3.01. The molecule has 1 aromatic rings. The zero-order valence-corrected chi connectivity index (χ0v) is 9.77. The monoisotopic (exact) mass is 222 g/mol. The maximum absolute atomic E-state index is 11.9. The summed E-state index contributed by atoms with van der Waals surface area (Å²) < 4.78 is 5.55. The van der Waals surface area contributed by atoms with Gasteiger partial charge in [0.1, 0.15) is 11.5 Å². The number of aryl methyl sites for hydroxylation is 1. The van der Waals surface area contributed by atoms with Crippen molar-refractivity contribution in [2.75, 3.05) is 6.54 Å². The number of carbonyl (C=O) groups excluding carboxylic acids is 1. The standard InChI is InChI=1S/C12H18N2O2/c1-8-5-6-11(16-8)9(2)14-7-3-4-10(13)12(14)15/h5-6,9-10H,3-4,7,13H2,1-2H3. The molecule has 0 aromatic carbocycles. The molecule has 2 heterocycles.